The van der Waals surface area contributed by atoms with Gasteiger partial charge < -0.3 is 10.0 Å². The van der Waals surface area contributed by atoms with Crippen molar-refractivity contribution in [1.29, 1.82) is 0 Å². The zero-order valence-electron chi connectivity index (χ0n) is 10.5. The van der Waals surface area contributed by atoms with Gasteiger partial charge in [-0.3, -0.25) is 0 Å². The molecule has 0 aliphatic heterocycles. The van der Waals surface area contributed by atoms with Crippen molar-refractivity contribution < 1.29 is 10.0 Å². The molecule has 0 aliphatic carbocycles. The predicted octanol–water partition coefficient (Wildman–Crippen LogP) is 0.613. The predicted molar refractivity (Wildman–Crippen MR) is 70.7 cm³/mol. The summed E-state index contributed by atoms with van der Waals surface area (Å²) in [5, 5.41) is 18.6. The van der Waals surface area contributed by atoms with Gasteiger partial charge in [0.2, 0.25) is 0 Å². The second-order valence-electron chi connectivity index (χ2n) is 4.92. The van der Waals surface area contributed by atoms with Crippen LogP contribution in [0, 0.1) is 6.92 Å². The van der Waals surface area contributed by atoms with E-state index < -0.39 is 7.12 Å². The summed E-state index contributed by atoms with van der Waals surface area (Å²) in [5.41, 5.74) is 2.61. The van der Waals surface area contributed by atoms with Gasteiger partial charge in [0.15, 0.2) is 7.28 Å². The van der Waals surface area contributed by atoms with Crippen LogP contribution in [0.1, 0.15) is 32.8 Å². The van der Waals surface area contributed by atoms with Crippen LogP contribution in [0.15, 0.2) is 18.2 Å². The second kappa shape index (κ2) is 5.07. The normalized spacial score (nSPS) is 11.4. The molecule has 1 radical (unpaired) electrons. The number of hydrogen-bond acceptors (Lipinski definition) is 2. The Morgan fingerprint density at radius 3 is 2.44 bits per heavy atom. The summed E-state index contributed by atoms with van der Waals surface area (Å²) in [5.74, 6) is 0. The van der Waals surface area contributed by atoms with Crippen LogP contribution >= 0.6 is 0 Å². The first-order chi connectivity index (χ1) is 7.37. The average molecular weight is 217 g/mol. The topological polar surface area (TPSA) is 40.5 Å². The van der Waals surface area contributed by atoms with E-state index in [2.05, 4.69) is 28.1 Å². The Morgan fingerprint density at radius 2 is 1.94 bits per heavy atom. The molecule has 85 valence electrons. The zero-order chi connectivity index (χ0) is 12.3. The molecule has 2 N–H and O–H groups in total. The minimum Gasteiger partial charge on any atom is -0.423 e. The molecule has 0 aromatic heterocycles. The third-order valence-corrected chi connectivity index (χ3v) is 3.15. The van der Waals surface area contributed by atoms with Gasteiger partial charge in [-0.1, -0.05) is 61.7 Å². The highest BCUT2D eigenvalue weighted by Gasteiger charge is 2.21. The summed E-state index contributed by atoms with van der Waals surface area (Å²) >= 11 is 0. The molecule has 0 spiro atoms. The Labute approximate surface area is 99.1 Å². The van der Waals surface area contributed by atoms with Crippen LogP contribution in [0.5, 0.6) is 0 Å². The highest BCUT2D eigenvalue weighted by Crippen LogP contribution is 2.26. The summed E-state index contributed by atoms with van der Waals surface area (Å²) in [6, 6.07) is 5.62. The fourth-order valence-electron chi connectivity index (χ4n) is 1.63. The van der Waals surface area contributed by atoms with E-state index in [0.717, 1.165) is 17.4 Å². The van der Waals surface area contributed by atoms with Crippen molar-refractivity contribution in [2.45, 2.75) is 39.4 Å². The molecule has 16 heavy (non-hydrogen) atoms. The molecule has 0 saturated heterocycles. The summed E-state index contributed by atoms with van der Waals surface area (Å²) in [6.07, 6.45) is 1.05. The first-order valence-electron chi connectivity index (χ1n) is 5.69. The molecule has 0 fully saturated rings. The van der Waals surface area contributed by atoms with Crippen LogP contribution in [-0.2, 0) is 0 Å². The van der Waals surface area contributed by atoms with E-state index in [-0.39, 0.29) is 5.31 Å². The Bertz CT molecular complexity index is 362. The van der Waals surface area contributed by atoms with Gasteiger partial charge in [-0.05, 0) is 12.4 Å². The van der Waals surface area contributed by atoms with Crippen molar-refractivity contribution in [2.75, 3.05) is 0 Å². The van der Waals surface area contributed by atoms with Gasteiger partial charge in [0.1, 0.15) is 0 Å². The molecular weight excluding hydrogens is 198 g/mol. The van der Waals surface area contributed by atoms with E-state index in [0.29, 0.717) is 5.46 Å². The van der Waals surface area contributed by atoms with Crippen molar-refractivity contribution >= 4 is 25.3 Å². The molecule has 2 nitrogen and oxygen atoms in total. The molecule has 0 saturated carbocycles. The van der Waals surface area contributed by atoms with Crippen molar-refractivity contribution in [3.8, 4) is 0 Å². The minimum atomic E-state index is -1.39. The largest absolute Gasteiger partial charge is 0.488 e. The Kier molecular flexibility index (Phi) is 4.22. The van der Waals surface area contributed by atoms with Crippen LogP contribution in [0.3, 0.4) is 0 Å². The lowest BCUT2D eigenvalue weighted by atomic mass is 9.48. The van der Waals surface area contributed by atoms with E-state index in [4.69, 9.17) is 0 Å². The third-order valence-electron chi connectivity index (χ3n) is 3.15. The van der Waals surface area contributed by atoms with Gasteiger partial charge in [0.25, 0.3) is 0 Å². The van der Waals surface area contributed by atoms with Crippen LogP contribution in [0.2, 0.25) is 5.31 Å². The van der Waals surface area contributed by atoms with Crippen molar-refractivity contribution in [3.63, 3.8) is 0 Å². The molecule has 0 amide bonds. The van der Waals surface area contributed by atoms with Crippen molar-refractivity contribution in [3.05, 3.63) is 23.8 Å². The summed E-state index contributed by atoms with van der Waals surface area (Å²) < 4.78 is 0. The van der Waals surface area contributed by atoms with E-state index in [1.54, 1.807) is 6.07 Å². The van der Waals surface area contributed by atoms with E-state index in [1.165, 1.54) is 0 Å². The van der Waals surface area contributed by atoms with Crippen molar-refractivity contribution in [1.82, 2.24) is 0 Å². The number of benzene rings is 1. The Balaban J connectivity index is 3.02. The molecule has 0 heterocycles. The smallest absolute Gasteiger partial charge is 0.423 e. The first kappa shape index (κ1) is 13.3. The molecular formula is C12H19B2O2. The summed E-state index contributed by atoms with van der Waals surface area (Å²) in [4.78, 5) is 0. The number of rotatable bonds is 4. The highest BCUT2D eigenvalue weighted by molar-refractivity contribution is 6.62. The molecule has 0 aliphatic rings. The lowest BCUT2D eigenvalue weighted by Crippen LogP contribution is -2.38. The van der Waals surface area contributed by atoms with Gasteiger partial charge in [0, 0.05) is 0 Å². The molecule has 1 rings (SSSR count). The maximum Gasteiger partial charge on any atom is 0.488 e. The van der Waals surface area contributed by atoms with Crippen LogP contribution in [0.25, 0.3) is 0 Å². The molecule has 0 atom stereocenters. The minimum absolute atomic E-state index is 0.129. The van der Waals surface area contributed by atoms with Gasteiger partial charge in [-0.15, -0.1) is 0 Å². The third kappa shape index (κ3) is 3.13. The molecule has 1 aromatic carbocycles. The van der Waals surface area contributed by atoms with Gasteiger partial charge in [0.05, 0.1) is 0 Å². The van der Waals surface area contributed by atoms with Gasteiger partial charge >= 0.3 is 7.12 Å². The zero-order valence-corrected chi connectivity index (χ0v) is 10.5. The lowest BCUT2D eigenvalue weighted by molar-refractivity contribution is 0.425. The highest BCUT2D eigenvalue weighted by atomic mass is 16.4. The van der Waals surface area contributed by atoms with Crippen LogP contribution < -0.4 is 10.9 Å². The van der Waals surface area contributed by atoms with E-state index in [1.807, 2.05) is 19.1 Å². The SMILES string of the molecule is CCC(C)(C)[B]c1cccc(B(O)O)c1C. The average Bonchev–Trinajstić information content (AvgIpc) is 2.20. The summed E-state index contributed by atoms with van der Waals surface area (Å²) in [6.45, 7) is 8.42. The maximum atomic E-state index is 9.23. The van der Waals surface area contributed by atoms with Crippen LogP contribution in [0.4, 0.5) is 0 Å². The second-order valence-corrected chi connectivity index (χ2v) is 4.92. The summed E-state index contributed by atoms with van der Waals surface area (Å²) in [7, 11) is 0.798. The fourth-order valence-corrected chi connectivity index (χ4v) is 1.63. The maximum absolute atomic E-state index is 9.23. The first-order valence-corrected chi connectivity index (χ1v) is 5.69. The van der Waals surface area contributed by atoms with E-state index in [9.17, 15) is 10.0 Å². The molecule has 4 heteroatoms. The fraction of sp³-hybridized carbons (Fsp3) is 0.500. The van der Waals surface area contributed by atoms with Gasteiger partial charge in [-0.2, -0.15) is 0 Å². The quantitative estimate of drug-likeness (QED) is 0.725. The lowest BCUT2D eigenvalue weighted by Gasteiger charge is -2.23. The van der Waals surface area contributed by atoms with Crippen molar-refractivity contribution in [2.24, 2.45) is 0 Å². The Hall–Kier alpha value is -0.730. The molecule has 1 aromatic rings. The standard InChI is InChI=1S/C12H19B2O2/c1-5-12(3,4)13-10-7-6-8-11(9(10)2)14(15)16/h6-8,15-16H,5H2,1-4H3. The van der Waals surface area contributed by atoms with E-state index >= 15 is 0 Å². The Morgan fingerprint density at radius 1 is 1.31 bits per heavy atom. The molecule has 0 unspecified atom stereocenters. The monoisotopic (exact) mass is 217 g/mol. The number of hydrogen-bond donors (Lipinski definition) is 2. The van der Waals surface area contributed by atoms with Crippen LogP contribution in [-0.4, -0.2) is 24.4 Å². The molecule has 0 bridgehead atoms. The van der Waals surface area contributed by atoms with Gasteiger partial charge in [-0.25, -0.2) is 0 Å².